The molecule has 1 aromatic rings. The molecule has 1 amide bonds. The Hall–Kier alpha value is -1.35. The smallest absolute Gasteiger partial charge is 0.222 e. The monoisotopic (exact) mass is 274 g/mol. The van der Waals surface area contributed by atoms with Crippen LogP contribution in [0.5, 0.6) is 0 Å². The highest BCUT2D eigenvalue weighted by Gasteiger charge is 2.22. The van der Waals surface area contributed by atoms with Gasteiger partial charge in [0.05, 0.1) is 0 Å². The molecule has 1 fully saturated rings. The number of benzene rings is 1. The van der Waals surface area contributed by atoms with Gasteiger partial charge in [0, 0.05) is 38.6 Å². The van der Waals surface area contributed by atoms with Crippen LogP contribution in [-0.2, 0) is 11.2 Å². The van der Waals surface area contributed by atoms with Crippen molar-refractivity contribution in [2.45, 2.75) is 39.2 Å². The first kappa shape index (κ1) is 15.0. The van der Waals surface area contributed by atoms with Crippen molar-refractivity contribution in [3.63, 3.8) is 0 Å². The van der Waals surface area contributed by atoms with Gasteiger partial charge in [0.25, 0.3) is 0 Å². The molecule has 1 unspecified atom stereocenters. The van der Waals surface area contributed by atoms with Gasteiger partial charge in [-0.25, -0.2) is 0 Å². The Kier molecular flexibility index (Phi) is 5.60. The van der Waals surface area contributed by atoms with E-state index in [0.717, 1.165) is 32.6 Å². The zero-order valence-electron chi connectivity index (χ0n) is 12.7. The highest BCUT2D eigenvalue weighted by molar-refractivity contribution is 5.76. The van der Waals surface area contributed by atoms with Crippen molar-refractivity contribution in [3.8, 4) is 0 Å². The lowest BCUT2D eigenvalue weighted by atomic mass is 10.1. The minimum atomic E-state index is 0.303. The van der Waals surface area contributed by atoms with E-state index >= 15 is 0 Å². The van der Waals surface area contributed by atoms with Gasteiger partial charge in [0.2, 0.25) is 5.91 Å². The van der Waals surface area contributed by atoms with Crippen molar-refractivity contribution in [1.29, 1.82) is 0 Å². The Bertz CT molecular complexity index is 410. The number of amides is 1. The average Bonchev–Trinajstić information content (AvgIpc) is 2.53. The van der Waals surface area contributed by atoms with Crippen molar-refractivity contribution in [3.05, 3.63) is 35.9 Å². The highest BCUT2D eigenvalue weighted by atomic mass is 16.2. The number of nitrogens with zero attached hydrogens (tertiary/aromatic N) is 2. The van der Waals surface area contributed by atoms with E-state index in [4.69, 9.17) is 0 Å². The maximum absolute atomic E-state index is 12.2. The molecule has 1 aliphatic heterocycles. The van der Waals surface area contributed by atoms with E-state index in [1.165, 1.54) is 12.0 Å². The van der Waals surface area contributed by atoms with E-state index in [9.17, 15) is 4.79 Å². The molecule has 1 aliphatic rings. The molecule has 1 atom stereocenters. The number of carbonyl (C=O) groups excluding carboxylic acids is 1. The second kappa shape index (κ2) is 7.44. The van der Waals surface area contributed by atoms with E-state index in [0.29, 0.717) is 18.4 Å². The van der Waals surface area contributed by atoms with Crippen molar-refractivity contribution in [2.24, 2.45) is 0 Å². The summed E-state index contributed by atoms with van der Waals surface area (Å²) < 4.78 is 0. The average molecular weight is 274 g/mol. The van der Waals surface area contributed by atoms with Crippen LogP contribution in [0.2, 0.25) is 0 Å². The molecule has 1 heterocycles. The van der Waals surface area contributed by atoms with E-state index in [2.05, 4.69) is 30.9 Å². The minimum Gasteiger partial charge on any atom is -0.340 e. The van der Waals surface area contributed by atoms with E-state index in [1.807, 2.05) is 23.1 Å². The first-order valence-electron chi connectivity index (χ1n) is 7.76. The fraction of sp³-hybridized carbons (Fsp3) is 0.588. The maximum atomic E-state index is 12.2. The number of hydrogen-bond acceptors (Lipinski definition) is 2. The Morgan fingerprint density at radius 1 is 1.15 bits per heavy atom. The molecule has 1 saturated heterocycles. The molecule has 3 nitrogen and oxygen atoms in total. The predicted molar refractivity (Wildman–Crippen MR) is 82.7 cm³/mol. The third-order valence-corrected chi connectivity index (χ3v) is 4.35. The third-order valence-electron chi connectivity index (χ3n) is 4.35. The molecule has 20 heavy (non-hydrogen) atoms. The topological polar surface area (TPSA) is 23.6 Å². The summed E-state index contributed by atoms with van der Waals surface area (Å²) in [5.41, 5.74) is 1.25. The van der Waals surface area contributed by atoms with Crippen molar-refractivity contribution in [1.82, 2.24) is 9.80 Å². The Morgan fingerprint density at radius 2 is 1.80 bits per heavy atom. The van der Waals surface area contributed by atoms with Crippen molar-refractivity contribution < 1.29 is 4.79 Å². The van der Waals surface area contributed by atoms with Gasteiger partial charge in [0.1, 0.15) is 0 Å². The van der Waals surface area contributed by atoms with Crippen LogP contribution in [-0.4, -0.2) is 47.9 Å². The molecule has 0 N–H and O–H groups in total. The summed E-state index contributed by atoms with van der Waals surface area (Å²) in [5, 5.41) is 0. The second-order valence-corrected chi connectivity index (χ2v) is 5.66. The number of carbonyl (C=O) groups is 1. The first-order chi connectivity index (χ1) is 9.70. The van der Waals surface area contributed by atoms with Crippen LogP contribution >= 0.6 is 0 Å². The van der Waals surface area contributed by atoms with Crippen molar-refractivity contribution in [2.75, 3.05) is 26.2 Å². The number of piperazine rings is 1. The van der Waals surface area contributed by atoms with Crippen LogP contribution < -0.4 is 0 Å². The lowest BCUT2D eigenvalue weighted by Gasteiger charge is -2.37. The fourth-order valence-electron chi connectivity index (χ4n) is 2.72. The van der Waals surface area contributed by atoms with Crippen LogP contribution in [0.3, 0.4) is 0 Å². The Morgan fingerprint density at radius 3 is 2.40 bits per heavy atom. The lowest BCUT2D eigenvalue weighted by molar-refractivity contribution is -0.133. The van der Waals surface area contributed by atoms with Gasteiger partial charge in [0.15, 0.2) is 0 Å². The number of hydrogen-bond donors (Lipinski definition) is 0. The molecule has 0 saturated carbocycles. The summed E-state index contributed by atoms with van der Waals surface area (Å²) in [6, 6.07) is 10.9. The van der Waals surface area contributed by atoms with Gasteiger partial charge in [-0.1, -0.05) is 37.3 Å². The van der Waals surface area contributed by atoms with Gasteiger partial charge in [-0.05, 0) is 25.3 Å². The third kappa shape index (κ3) is 4.07. The van der Waals surface area contributed by atoms with Crippen molar-refractivity contribution >= 4 is 5.91 Å². The summed E-state index contributed by atoms with van der Waals surface area (Å²) in [5.74, 6) is 0.303. The quantitative estimate of drug-likeness (QED) is 0.824. The van der Waals surface area contributed by atoms with Crippen LogP contribution in [0.1, 0.15) is 32.3 Å². The molecule has 0 radical (unpaired) electrons. The molecule has 0 bridgehead atoms. The summed E-state index contributed by atoms with van der Waals surface area (Å²) in [6.07, 6.45) is 2.67. The fourth-order valence-corrected chi connectivity index (χ4v) is 2.72. The van der Waals surface area contributed by atoms with Gasteiger partial charge in [-0.15, -0.1) is 0 Å². The molecule has 3 heteroatoms. The number of aryl methyl sites for hydroxylation is 1. The summed E-state index contributed by atoms with van der Waals surface area (Å²) >= 11 is 0. The van der Waals surface area contributed by atoms with E-state index in [1.54, 1.807) is 0 Å². The SMILES string of the molecule is CCC(C)N1CCN(C(=O)CCc2ccccc2)CC1. The van der Waals surface area contributed by atoms with E-state index < -0.39 is 0 Å². The molecule has 0 aliphatic carbocycles. The first-order valence-corrected chi connectivity index (χ1v) is 7.76. The largest absolute Gasteiger partial charge is 0.340 e. The molecule has 110 valence electrons. The zero-order valence-corrected chi connectivity index (χ0v) is 12.7. The van der Waals surface area contributed by atoms with Gasteiger partial charge < -0.3 is 4.90 Å². The van der Waals surface area contributed by atoms with Crippen LogP contribution in [0.15, 0.2) is 30.3 Å². The standard InChI is InChI=1S/C17H26N2O/c1-3-15(2)18-11-13-19(14-12-18)17(20)10-9-16-7-5-4-6-8-16/h4-8,15H,3,9-14H2,1-2H3. The summed E-state index contributed by atoms with van der Waals surface area (Å²) in [6.45, 7) is 8.31. The van der Waals surface area contributed by atoms with Crippen LogP contribution in [0, 0.1) is 0 Å². The highest BCUT2D eigenvalue weighted by Crippen LogP contribution is 2.11. The van der Waals surface area contributed by atoms with Crippen LogP contribution in [0.25, 0.3) is 0 Å². The molecule has 0 spiro atoms. The molecule has 1 aromatic carbocycles. The maximum Gasteiger partial charge on any atom is 0.222 e. The Labute approximate surface area is 122 Å². The lowest BCUT2D eigenvalue weighted by Crippen LogP contribution is -2.51. The minimum absolute atomic E-state index is 0.303. The summed E-state index contributed by atoms with van der Waals surface area (Å²) in [7, 11) is 0. The summed E-state index contributed by atoms with van der Waals surface area (Å²) in [4.78, 5) is 16.7. The van der Waals surface area contributed by atoms with Gasteiger partial charge >= 0.3 is 0 Å². The molecule has 0 aromatic heterocycles. The molecular formula is C17H26N2O. The van der Waals surface area contributed by atoms with Gasteiger partial charge in [-0.2, -0.15) is 0 Å². The number of rotatable bonds is 5. The second-order valence-electron chi connectivity index (χ2n) is 5.66. The molecule has 2 rings (SSSR count). The predicted octanol–water partition coefficient (Wildman–Crippen LogP) is 2.56. The molecular weight excluding hydrogens is 248 g/mol. The van der Waals surface area contributed by atoms with Gasteiger partial charge in [-0.3, -0.25) is 9.69 Å². The van der Waals surface area contributed by atoms with Crippen LogP contribution in [0.4, 0.5) is 0 Å². The normalized spacial score (nSPS) is 18.0. The zero-order chi connectivity index (χ0) is 14.4. The Balaban J connectivity index is 1.75. The van der Waals surface area contributed by atoms with E-state index in [-0.39, 0.29) is 0 Å².